The number of nitrogens with zero attached hydrogens (tertiary/aromatic N) is 2. The number of benzene rings is 2. The number of phenolic OH excluding ortho intramolecular Hbond substituents is 1. The summed E-state index contributed by atoms with van der Waals surface area (Å²) < 4.78 is 38.5. The second-order valence-electron chi connectivity index (χ2n) is 8.14. The average molecular weight is 461 g/mol. The number of hydrogen-bond acceptors (Lipinski definition) is 4. The summed E-state index contributed by atoms with van der Waals surface area (Å²) in [6.45, 7) is 4.84. The predicted molar refractivity (Wildman–Crippen MR) is 118 cm³/mol. The van der Waals surface area contributed by atoms with Crippen LogP contribution in [0.25, 0.3) is 10.6 Å². The summed E-state index contributed by atoms with van der Waals surface area (Å²) in [5, 5.41) is 10.3. The van der Waals surface area contributed by atoms with E-state index in [1.807, 2.05) is 24.0 Å². The molecule has 0 radical (unpaired) electrons. The van der Waals surface area contributed by atoms with E-state index >= 15 is 0 Å². The van der Waals surface area contributed by atoms with E-state index in [1.54, 1.807) is 13.0 Å². The number of aryl methyl sites for hydroxylation is 2. The fraction of sp³-hybridized carbons (Fsp3) is 0.333. The Bertz CT molecular complexity index is 1140. The van der Waals surface area contributed by atoms with Crippen LogP contribution in [0.1, 0.15) is 50.8 Å². The molecular formula is C24H23F3N2O2S. The van der Waals surface area contributed by atoms with Crippen LogP contribution in [0, 0.1) is 13.8 Å². The molecule has 1 aliphatic heterocycles. The number of hydrogen-bond donors (Lipinski definition) is 1. The number of aromatic nitrogens is 1. The van der Waals surface area contributed by atoms with Gasteiger partial charge in [0.05, 0.1) is 11.3 Å². The Morgan fingerprint density at radius 1 is 1.16 bits per heavy atom. The van der Waals surface area contributed by atoms with Crippen molar-refractivity contribution in [1.82, 2.24) is 9.88 Å². The first-order valence-corrected chi connectivity index (χ1v) is 11.2. The van der Waals surface area contributed by atoms with E-state index in [-0.39, 0.29) is 17.6 Å². The van der Waals surface area contributed by atoms with Crippen LogP contribution in [-0.2, 0) is 6.18 Å². The molecule has 3 aromatic rings. The van der Waals surface area contributed by atoms with Crippen LogP contribution in [0.5, 0.6) is 5.75 Å². The van der Waals surface area contributed by atoms with Crippen LogP contribution in [0.4, 0.5) is 13.2 Å². The minimum absolute atomic E-state index is 0.0987. The standard InChI is InChI=1S/C24H23F3N2O2S/c1-14-12-17(7-10-20(14)30)18-4-3-11-29(13-18)23(31)21-15(2)28-22(32-21)16-5-8-19(9-6-16)24(25,26)27/h5-10,12,18,30H,3-4,11,13H2,1-2H3. The van der Waals surface area contributed by atoms with Gasteiger partial charge in [-0.2, -0.15) is 13.2 Å². The molecule has 1 N–H and O–H groups in total. The fourth-order valence-corrected chi connectivity index (χ4v) is 5.07. The Morgan fingerprint density at radius 2 is 1.88 bits per heavy atom. The van der Waals surface area contributed by atoms with Crippen molar-refractivity contribution >= 4 is 17.2 Å². The highest BCUT2D eigenvalue weighted by molar-refractivity contribution is 7.17. The first-order valence-electron chi connectivity index (χ1n) is 10.4. The van der Waals surface area contributed by atoms with Gasteiger partial charge in [0.25, 0.3) is 5.91 Å². The number of thiazole rings is 1. The highest BCUT2D eigenvalue weighted by atomic mass is 32.1. The summed E-state index contributed by atoms with van der Waals surface area (Å²) in [5.41, 5.74) is 2.34. The van der Waals surface area contributed by atoms with Crippen LogP contribution < -0.4 is 0 Å². The second-order valence-corrected chi connectivity index (χ2v) is 9.14. The van der Waals surface area contributed by atoms with Crippen molar-refractivity contribution in [1.29, 1.82) is 0 Å². The van der Waals surface area contributed by atoms with Gasteiger partial charge in [-0.25, -0.2) is 4.98 Å². The number of piperidine rings is 1. The molecule has 1 saturated heterocycles. The lowest BCUT2D eigenvalue weighted by molar-refractivity contribution is -0.137. The number of carbonyl (C=O) groups excluding carboxylic acids is 1. The largest absolute Gasteiger partial charge is 0.508 e. The molecule has 0 spiro atoms. The van der Waals surface area contributed by atoms with E-state index in [4.69, 9.17) is 0 Å². The lowest BCUT2D eigenvalue weighted by atomic mass is 9.89. The van der Waals surface area contributed by atoms with Crippen molar-refractivity contribution in [3.05, 3.63) is 69.7 Å². The zero-order valence-electron chi connectivity index (χ0n) is 17.7. The third-order valence-corrected chi connectivity index (χ3v) is 7.05. The van der Waals surface area contributed by atoms with Crippen LogP contribution in [-0.4, -0.2) is 34.0 Å². The van der Waals surface area contributed by atoms with Gasteiger partial charge in [-0.1, -0.05) is 24.3 Å². The molecule has 0 aliphatic carbocycles. The van der Waals surface area contributed by atoms with Crippen molar-refractivity contribution in [2.75, 3.05) is 13.1 Å². The first-order chi connectivity index (χ1) is 15.1. The molecule has 8 heteroatoms. The van der Waals surface area contributed by atoms with Crippen LogP contribution in [0.2, 0.25) is 0 Å². The SMILES string of the molecule is Cc1cc(C2CCCN(C(=O)c3sc(-c4ccc(C(F)(F)F)cc4)nc3C)C2)ccc1O. The third-order valence-electron chi connectivity index (χ3n) is 5.85. The highest BCUT2D eigenvalue weighted by Crippen LogP contribution is 2.35. The minimum atomic E-state index is -4.39. The number of aromatic hydroxyl groups is 1. The molecule has 4 nitrogen and oxygen atoms in total. The van der Waals surface area contributed by atoms with E-state index < -0.39 is 11.7 Å². The van der Waals surface area contributed by atoms with Crippen molar-refractivity contribution < 1.29 is 23.1 Å². The van der Waals surface area contributed by atoms with Crippen molar-refractivity contribution in [3.63, 3.8) is 0 Å². The molecule has 2 aromatic carbocycles. The number of carbonyl (C=O) groups is 1. The molecule has 168 valence electrons. The number of phenols is 1. The van der Waals surface area contributed by atoms with E-state index in [2.05, 4.69) is 4.98 Å². The Morgan fingerprint density at radius 3 is 2.53 bits per heavy atom. The Balaban J connectivity index is 1.53. The summed E-state index contributed by atoms with van der Waals surface area (Å²) >= 11 is 1.21. The van der Waals surface area contributed by atoms with E-state index in [1.165, 1.54) is 23.5 Å². The van der Waals surface area contributed by atoms with Gasteiger partial charge in [0.2, 0.25) is 0 Å². The summed E-state index contributed by atoms with van der Waals surface area (Å²) in [6, 6.07) is 10.4. The minimum Gasteiger partial charge on any atom is -0.508 e. The Labute approximate surface area is 188 Å². The molecule has 4 rings (SSSR count). The summed E-state index contributed by atoms with van der Waals surface area (Å²) in [6.07, 6.45) is -2.55. The maximum Gasteiger partial charge on any atom is 0.416 e. The number of likely N-dealkylation sites (tertiary alicyclic amines) is 1. The lowest BCUT2D eigenvalue weighted by Gasteiger charge is -2.33. The molecule has 1 aliphatic rings. The molecule has 0 saturated carbocycles. The maximum atomic E-state index is 13.3. The molecule has 1 fully saturated rings. The monoisotopic (exact) mass is 460 g/mol. The van der Waals surface area contributed by atoms with Gasteiger partial charge in [-0.3, -0.25) is 4.79 Å². The Hall–Kier alpha value is -2.87. The summed E-state index contributed by atoms with van der Waals surface area (Å²) in [7, 11) is 0. The second kappa shape index (κ2) is 8.58. The molecule has 1 amide bonds. The van der Waals surface area contributed by atoms with Gasteiger partial charge < -0.3 is 10.0 Å². The Kier molecular flexibility index (Phi) is 5.99. The normalized spacial score (nSPS) is 16.9. The van der Waals surface area contributed by atoms with E-state index in [0.29, 0.717) is 34.2 Å². The maximum absolute atomic E-state index is 13.3. The number of rotatable bonds is 3. The summed E-state index contributed by atoms with van der Waals surface area (Å²) in [4.78, 5) is 20.0. The molecule has 2 heterocycles. The van der Waals surface area contributed by atoms with Gasteiger partial charge >= 0.3 is 6.18 Å². The zero-order chi connectivity index (χ0) is 23.0. The smallest absolute Gasteiger partial charge is 0.416 e. The van der Waals surface area contributed by atoms with Gasteiger partial charge in [-0.15, -0.1) is 11.3 Å². The third kappa shape index (κ3) is 4.50. The van der Waals surface area contributed by atoms with Crippen LogP contribution in [0.15, 0.2) is 42.5 Å². The van der Waals surface area contributed by atoms with Gasteiger partial charge in [0.15, 0.2) is 0 Å². The zero-order valence-corrected chi connectivity index (χ0v) is 18.6. The van der Waals surface area contributed by atoms with E-state index in [0.717, 1.165) is 36.1 Å². The number of amides is 1. The first kappa shape index (κ1) is 22.3. The molecular weight excluding hydrogens is 437 g/mol. The van der Waals surface area contributed by atoms with Crippen molar-refractivity contribution in [2.24, 2.45) is 0 Å². The summed E-state index contributed by atoms with van der Waals surface area (Å²) in [5.74, 6) is 0.349. The van der Waals surface area contributed by atoms with E-state index in [9.17, 15) is 23.1 Å². The molecule has 1 unspecified atom stereocenters. The van der Waals surface area contributed by atoms with Gasteiger partial charge in [-0.05, 0) is 56.0 Å². The molecule has 32 heavy (non-hydrogen) atoms. The van der Waals surface area contributed by atoms with Crippen molar-refractivity contribution in [2.45, 2.75) is 38.8 Å². The van der Waals surface area contributed by atoms with Crippen LogP contribution >= 0.6 is 11.3 Å². The highest BCUT2D eigenvalue weighted by Gasteiger charge is 2.31. The number of alkyl halides is 3. The molecule has 0 bridgehead atoms. The fourth-order valence-electron chi connectivity index (χ4n) is 4.03. The predicted octanol–water partition coefficient (Wildman–Crippen LogP) is 6.17. The van der Waals surface area contributed by atoms with Crippen molar-refractivity contribution in [3.8, 4) is 16.3 Å². The van der Waals surface area contributed by atoms with Gasteiger partial charge in [0, 0.05) is 24.6 Å². The lowest BCUT2D eigenvalue weighted by Crippen LogP contribution is -2.39. The average Bonchev–Trinajstić information content (AvgIpc) is 3.16. The molecule has 1 aromatic heterocycles. The quantitative estimate of drug-likeness (QED) is 0.509. The molecule has 1 atom stereocenters. The van der Waals surface area contributed by atoms with Gasteiger partial charge in [0.1, 0.15) is 15.6 Å². The van der Waals surface area contributed by atoms with Crippen LogP contribution in [0.3, 0.4) is 0 Å². The topological polar surface area (TPSA) is 53.4 Å². The number of halogens is 3.